The average molecular weight is 351 g/mol. The van der Waals surface area contributed by atoms with E-state index in [9.17, 15) is 9.90 Å². The van der Waals surface area contributed by atoms with Gasteiger partial charge in [0.25, 0.3) is 0 Å². The van der Waals surface area contributed by atoms with Crippen LogP contribution in [0.3, 0.4) is 0 Å². The number of nitrogens with zero attached hydrogens (tertiary/aromatic N) is 1. The van der Waals surface area contributed by atoms with Crippen LogP contribution in [0.2, 0.25) is 0 Å². The lowest BCUT2D eigenvalue weighted by Crippen LogP contribution is -2.06. The number of carbonyl (C=O) groups is 1. The van der Waals surface area contributed by atoms with Crippen molar-refractivity contribution in [3.8, 4) is 22.8 Å². The molecule has 134 valence electrons. The van der Waals surface area contributed by atoms with Crippen LogP contribution in [-0.4, -0.2) is 29.3 Å². The number of carboxylic acid groups (broad SMARTS) is 1. The number of pyridine rings is 1. The molecule has 0 radical (unpaired) electrons. The van der Waals surface area contributed by atoms with E-state index < -0.39 is 5.97 Å². The van der Waals surface area contributed by atoms with Crippen molar-refractivity contribution in [3.63, 3.8) is 0 Å². The first-order valence-electron chi connectivity index (χ1n) is 8.39. The lowest BCUT2D eigenvalue weighted by Gasteiger charge is -2.15. The van der Waals surface area contributed by atoms with Gasteiger partial charge in [0.1, 0.15) is 0 Å². The van der Waals surface area contributed by atoms with E-state index in [1.54, 1.807) is 13.2 Å². The van der Waals surface area contributed by atoms with Gasteiger partial charge in [0.15, 0.2) is 11.5 Å². The molecule has 0 aliphatic heterocycles. The van der Waals surface area contributed by atoms with Gasteiger partial charge in [0.2, 0.25) is 0 Å². The number of aromatic nitrogens is 1. The van der Waals surface area contributed by atoms with Gasteiger partial charge in [-0.1, -0.05) is 11.6 Å². The molecule has 0 fully saturated rings. The summed E-state index contributed by atoms with van der Waals surface area (Å²) < 4.78 is 11.2. The smallest absolute Gasteiger partial charge is 0.336 e. The van der Waals surface area contributed by atoms with Crippen molar-refractivity contribution >= 4 is 16.9 Å². The molecule has 0 bridgehead atoms. The predicted octanol–water partition coefficient (Wildman–Crippen LogP) is 4.70. The van der Waals surface area contributed by atoms with E-state index in [0.717, 1.165) is 11.1 Å². The van der Waals surface area contributed by atoms with E-state index in [0.29, 0.717) is 28.1 Å². The third-order valence-corrected chi connectivity index (χ3v) is 4.02. The van der Waals surface area contributed by atoms with E-state index in [1.165, 1.54) is 0 Å². The van der Waals surface area contributed by atoms with Crippen molar-refractivity contribution < 1.29 is 19.4 Å². The number of methoxy groups -OCH3 is 1. The SMILES string of the molecule is COc1cc(-c2cc(C(=O)O)c3cc(C)ccc3n2)ccc1OC(C)C. The summed E-state index contributed by atoms with van der Waals surface area (Å²) in [4.78, 5) is 16.4. The maximum Gasteiger partial charge on any atom is 0.336 e. The quantitative estimate of drug-likeness (QED) is 0.721. The Morgan fingerprint density at radius 1 is 1.08 bits per heavy atom. The summed E-state index contributed by atoms with van der Waals surface area (Å²) in [6.45, 7) is 5.82. The number of rotatable bonds is 5. The molecule has 3 rings (SSSR count). The monoisotopic (exact) mass is 351 g/mol. The van der Waals surface area contributed by atoms with Crippen LogP contribution in [0, 0.1) is 6.92 Å². The Labute approximate surface area is 152 Å². The number of benzene rings is 2. The molecule has 0 aliphatic carbocycles. The molecular weight excluding hydrogens is 330 g/mol. The van der Waals surface area contributed by atoms with E-state index >= 15 is 0 Å². The van der Waals surface area contributed by atoms with Crippen LogP contribution in [0.1, 0.15) is 29.8 Å². The summed E-state index contributed by atoms with van der Waals surface area (Å²) in [7, 11) is 1.57. The number of hydrogen-bond acceptors (Lipinski definition) is 4. The Balaban J connectivity index is 2.16. The van der Waals surface area contributed by atoms with Crippen molar-refractivity contribution in [1.29, 1.82) is 0 Å². The standard InChI is InChI=1S/C21H21NO4/c1-12(2)26-19-8-6-14(10-20(19)25-4)18-11-16(21(23)24)15-9-13(3)5-7-17(15)22-18/h5-12H,1-4H3,(H,23,24). The second-order valence-electron chi connectivity index (χ2n) is 6.41. The van der Waals surface area contributed by atoms with Crippen LogP contribution in [0.15, 0.2) is 42.5 Å². The molecule has 0 saturated heterocycles. The minimum Gasteiger partial charge on any atom is -0.493 e. The van der Waals surface area contributed by atoms with E-state index in [1.807, 2.05) is 57.2 Å². The van der Waals surface area contributed by atoms with Crippen molar-refractivity contribution in [2.75, 3.05) is 7.11 Å². The highest BCUT2D eigenvalue weighted by Gasteiger charge is 2.15. The number of fused-ring (bicyclic) bond motifs is 1. The second-order valence-corrected chi connectivity index (χ2v) is 6.41. The summed E-state index contributed by atoms with van der Waals surface area (Å²) in [5.74, 6) is 0.246. The van der Waals surface area contributed by atoms with E-state index in [-0.39, 0.29) is 11.7 Å². The average Bonchev–Trinajstić information content (AvgIpc) is 2.60. The molecule has 1 heterocycles. The molecule has 0 aliphatic rings. The molecule has 0 atom stereocenters. The maximum atomic E-state index is 11.7. The van der Waals surface area contributed by atoms with Crippen LogP contribution < -0.4 is 9.47 Å². The summed E-state index contributed by atoms with van der Waals surface area (Å²) in [5, 5.41) is 10.2. The fourth-order valence-corrected chi connectivity index (χ4v) is 2.84. The first-order chi connectivity index (χ1) is 12.4. The zero-order valence-corrected chi connectivity index (χ0v) is 15.2. The van der Waals surface area contributed by atoms with Gasteiger partial charge >= 0.3 is 5.97 Å². The second kappa shape index (κ2) is 7.04. The predicted molar refractivity (Wildman–Crippen MR) is 101 cm³/mol. The summed E-state index contributed by atoms with van der Waals surface area (Å²) in [6.07, 6.45) is 0.0235. The van der Waals surface area contributed by atoms with Gasteiger partial charge in [-0.2, -0.15) is 0 Å². The van der Waals surface area contributed by atoms with Gasteiger partial charge in [-0.25, -0.2) is 9.78 Å². The number of hydrogen-bond donors (Lipinski definition) is 1. The van der Waals surface area contributed by atoms with Crippen molar-refractivity contribution in [3.05, 3.63) is 53.6 Å². The number of aryl methyl sites for hydroxylation is 1. The minimum absolute atomic E-state index is 0.0235. The van der Waals surface area contributed by atoms with Crippen LogP contribution >= 0.6 is 0 Å². The zero-order valence-electron chi connectivity index (χ0n) is 15.2. The van der Waals surface area contributed by atoms with Gasteiger partial charge in [-0.3, -0.25) is 0 Å². The molecule has 1 N–H and O–H groups in total. The third kappa shape index (κ3) is 3.47. The van der Waals surface area contributed by atoms with Gasteiger partial charge in [0, 0.05) is 10.9 Å². The van der Waals surface area contributed by atoms with E-state index in [4.69, 9.17) is 9.47 Å². The number of carboxylic acids is 1. The van der Waals surface area contributed by atoms with Crippen LogP contribution in [-0.2, 0) is 0 Å². The highest BCUT2D eigenvalue weighted by atomic mass is 16.5. The fourth-order valence-electron chi connectivity index (χ4n) is 2.84. The third-order valence-electron chi connectivity index (χ3n) is 4.02. The highest BCUT2D eigenvalue weighted by molar-refractivity contribution is 6.04. The molecule has 26 heavy (non-hydrogen) atoms. The fraction of sp³-hybridized carbons (Fsp3) is 0.238. The molecule has 0 saturated carbocycles. The molecular formula is C21H21NO4. The molecule has 0 spiro atoms. The highest BCUT2D eigenvalue weighted by Crippen LogP contribution is 2.34. The van der Waals surface area contributed by atoms with Crippen molar-refractivity contribution in [2.45, 2.75) is 26.9 Å². The molecule has 0 unspecified atom stereocenters. The molecule has 1 aromatic heterocycles. The molecule has 3 aromatic rings. The number of ether oxygens (including phenoxy) is 2. The first-order valence-corrected chi connectivity index (χ1v) is 8.39. The Kier molecular flexibility index (Phi) is 4.80. The van der Waals surface area contributed by atoms with Gasteiger partial charge in [0.05, 0.1) is 30.0 Å². The van der Waals surface area contributed by atoms with Gasteiger partial charge in [-0.05, 0) is 57.2 Å². The zero-order chi connectivity index (χ0) is 18.8. The van der Waals surface area contributed by atoms with Gasteiger partial charge < -0.3 is 14.6 Å². The maximum absolute atomic E-state index is 11.7. The lowest BCUT2D eigenvalue weighted by atomic mass is 10.0. The summed E-state index contributed by atoms with van der Waals surface area (Å²) >= 11 is 0. The molecule has 2 aromatic carbocycles. The first kappa shape index (κ1) is 17.7. The minimum atomic E-state index is -0.976. The lowest BCUT2D eigenvalue weighted by molar-refractivity contribution is 0.0699. The molecule has 0 amide bonds. The molecule has 5 nitrogen and oxygen atoms in total. The Morgan fingerprint density at radius 2 is 1.85 bits per heavy atom. The summed E-state index contributed by atoms with van der Waals surface area (Å²) in [6, 6.07) is 12.7. The van der Waals surface area contributed by atoms with Crippen LogP contribution in [0.5, 0.6) is 11.5 Å². The van der Waals surface area contributed by atoms with E-state index in [2.05, 4.69) is 4.98 Å². The van der Waals surface area contributed by atoms with Crippen molar-refractivity contribution in [1.82, 2.24) is 4.98 Å². The summed E-state index contributed by atoms with van der Waals surface area (Å²) in [5.41, 5.74) is 3.21. The topological polar surface area (TPSA) is 68.7 Å². The molecule has 5 heteroatoms. The Bertz CT molecular complexity index is 979. The Hall–Kier alpha value is -3.08. The van der Waals surface area contributed by atoms with Crippen molar-refractivity contribution in [2.24, 2.45) is 0 Å². The number of aromatic carboxylic acids is 1. The van der Waals surface area contributed by atoms with Gasteiger partial charge in [-0.15, -0.1) is 0 Å². The normalized spacial score (nSPS) is 11.0. The van der Waals surface area contributed by atoms with Crippen LogP contribution in [0.25, 0.3) is 22.2 Å². The largest absolute Gasteiger partial charge is 0.493 e. The van der Waals surface area contributed by atoms with Crippen LogP contribution in [0.4, 0.5) is 0 Å². The Morgan fingerprint density at radius 3 is 2.50 bits per heavy atom.